The Morgan fingerprint density at radius 1 is 1.60 bits per heavy atom. The number of carbonyl (C=O) groups excluding carboxylic acids is 1. The highest BCUT2D eigenvalue weighted by atomic mass is 16.1. The summed E-state index contributed by atoms with van der Waals surface area (Å²) in [4.78, 5) is 11.6. The van der Waals surface area contributed by atoms with E-state index in [1.54, 1.807) is 17.1 Å². The summed E-state index contributed by atoms with van der Waals surface area (Å²) in [6, 6.07) is 0.273. The second-order valence-corrected chi connectivity index (χ2v) is 3.73. The fourth-order valence-corrected chi connectivity index (χ4v) is 1.06. The minimum atomic E-state index is -0.113. The maximum absolute atomic E-state index is 11.6. The molecule has 0 bridgehead atoms. The van der Waals surface area contributed by atoms with Crippen molar-refractivity contribution in [3.05, 3.63) is 29.7 Å². The van der Waals surface area contributed by atoms with Crippen LogP contribution in [-0.4, -0.2) is 15.7 Å². The fourth-order valence-electron chi connectivity index (χ4n) is 1.06. The second kappa shape index (κ2) is 4.77. The highest BCUT2D eigenvalue weighted by Gasteiger charge is 2.09. The van der Waals surface area contributed by atoms with E-state index in [-0.39, 0.29) is 11.9 Å². The van der Waals surface area contributed by atoms with Gasteiger partial charge in [0, 0.05) is 17.9 Å². The molecule has 1 aromatic heterocycles. The summed E-state index contributed by atoms with van der Waals surface area (Å²) in [7, 11) is 0. The molecular formula is C11H17N3O. The third kappa shape index (κ3) is 2.94. The van der Waals surface area contributed by atoms with E-state index in [2.05, 4.69) is 10.4 Å². The third-order valence-electron chi connectivity index (χ3n) is 2.14. The van der Waals surface area contributed by atoms with E-state index in [9.17, 15) is 4.79 Å². The predicted octanol–water partition coefficient (Wildman–Crippen LogP) is 2.12. The molecule has 0 fully saturated rings. The second-order valence-electron chi connectivity index (χ2n) is 3.73. The molecular weight excluding hydrogens is 190 g/mol. The molecule has 0 aliphatic heterocycles. The molecule has 0 spiro atoms. The molecule has 4 nitrogen and oxygen atoms in total. The molecule has 0 aliphatic rings. The molecule has 4 heteroatoms. The fraction of sp³-hybridized carbons (Fsp3) is 0.455. The van der Waals surface area contributed by atoms with Crippen LogP contribution in [0.5, 0.6) is 0 Å². The van der Waals surface area contributed by atoms with Gasteiger partial charge in [-0.1, -0.05) is 6.08 Å². The number of carbonyl (C=O) groups is 1. The van der Waals surface area contributed by atoms with Crippen LogP contribution in [0.3, 0.4) is 0 Å². The Kier molecular flexibility index (Phi) is 3.66. The van der Waals surface area contributed by atoms with Crippen molar-refractivity contribution >= 4 is 5.91 Å². The molecule has 0 radical (unpaired) electrons. The largest absolute Gasteiger partial charge is 0.326 e. The first kappa shape index (κ1) is 11.5. The number of hydrogen-bond donors (Lipinski definition) is 1. The van der Waals surface area contributed by atoms with Gasteiger partial charge in [0.2, 0.25) is 0 Å². The van der Waals surface area contributed by atoms with Gasteiger partial charge in [-0.3, -0.25) is 9.48 Å². The first-order valence-electron chi connectivity index (χ1n) is 5.03. The van der Waals surface area contributed by atoms with Crippen molar-refractivity contribution in [2.45, 2.75) is 33.7 Å². The van der Waals surface area contributed by atoms with Gasteiger partial charge >= 0.3 is 0 Å². The van der Waals surface area contributed by atoms with E-state index in [1.165, 1.54) is 0 Å². The number of rotatable bonds is 3. The Bertz CT molecular complexity index is 377. The normalized spacial score (nSPS) is 11.9. The third-order valence-corrected chi connectivity index (χ3v) is 2.14. The summed E-state index contributed by atoms with van der Waals surface area (Å²) in [5, 5.41) is 6.87. The molecule has 0 unspecified atom stereocenters. The summed E-state index contributed by atoms with van der Waals surface area (Å²) in [6.07, 6.45) is 5.19. The smallest absolute Gasteiger partial charge is 0.258 e. The predicted molar refractivity (Wildman–Crippen MR) is 59.5 cm³/mol. The minimum absolute atomic E-state index is 0.113. The van der Waals surface area contributed by atoms with Crippen LogP contribution >= 0.6 is 0 Å². The number of nitrogens with zero attached hydrogens (tertiary/aromatic N) is 2. The summed E-state index contributed by atoms with van der Waals surface area (Å²) in [5.74, 6) is -0.113. The van der Waals surface area contributed by atoms with Crippen molar-refractivity contribution in [2.24, 2.45) is 0 Å². The van der Waals surface area contributed by atoms with Crippen LogP contribution in [0.4, 0.5) is 0 Å². The first-order valence-corrected chi connectivity index (χ1v) is 5.03. The number of allylic oxidation sites excluding steroid dienone is 2. The van der Waals surface area contributed by atoms with Crippen molar-refractivity contribution in [1.29, 1.82) is 0 Å². The van der Waals surface area contributed by atoms with Gasteiger partial charge in [-0.05, 0) is 27.7 Å². The highest BCUT2D eigenvalue weighted by molar-refractivity contribution is 5.94. The lowest BCUT2D eigenvalue weighted by Gasteiger charge is -2.04. The lowest BCUT2D eigenvalue weighted by molar-refractivity contribution is 0.0966. The zero-order chi connectivity index (χ0) is 11.4. The lowest BCUT2D eigenvalue weighted by atomic mass is 10.3. The van der Waals surface area contributed by atoms with Gasteiger partial charge in [0.15, 0.2) is 0 Å². The Morgan fingerprint density at radius 2 is 2.27 bits per heavy atom. The number of aromatic nitrogens is 2. The van der Waals surface area contributed by atoms with Gasteiger partial charge in [-0.15, -0.1) is 0 Å². The monoisotopic (exact) mass is 207 g/mol. The van der Waals surface area contributed by atoms with Crippen LogP contribution in [0.2, 0.25) is 0 Å². The first-order chi connectivity index (χ1) is 7.04. The molecule has 1 aromatic rings. The number of nitrogens with one attached hydrogen (secondary N) is 1. The van der Waals surface area contributed by atoms with Crippen molar-refractivity contribution in [3.8, 4) is 0 Å². The van der Waals surface area contributed by atoms with Crippen LogP contribution in [0.1, 0.15) is 44.1 Å². The Hall–Kier alpha value is -1.58. The van der Waals surface area contributed by atoms with Crippen LogP contribution in [0.25, 0.3) is 0 Å². The summed E-state index contributed by atoms with van der Waals surface area (Å²) in [6.45, 7) is 7.77. The van der Waals surface area contributed by atoms with Gasteiger partial charge in [0.1, 0.15) is 0 Å². The molecule has 0 aliphatic carbocycles. The maximum Gasteiger partial charge on any atom is 0.258 e. The van der Waals surface area contributed by atoms with Gasteiger partial charge in [0.05, 0.1) is 11.8 Å². The summed E-state index contributed by atoms with van der Waals surface area (Å²) < 4.78 is 1.76. The average molecular weight is 207 g/mol. The van der Waals surface area contributed by atoms with E-state index in [1.807, 2.05) is 33.8 Å². The quantitative estimate of drug-likeness (QED) is 0.825. The van der Waals surface area contributed by atoms with Crippen LogP contribution in [0.15, 0.2) is 24.2 Å². The van der Waals surface area contributed by atoms with E-state index in [0.717, 1.165) is 5.70 Å². The van der Waals surface area contributed by atoms with Crippen molar-refractivity contribution < 1.29 is 4.79 Å². The molecule has 1 N–H and O–H groups in total. The van der Waals surface area contributed by atoms with E-state index in [0.29, 0.717) is 5.56 Å². The zero-order valence-corrected chi connectivity index (χ0v) is 9.61. The van der Waals surface area contributed by atoms with Crippen molar-refractivity contribution in [1.82, 2.24) is 15.1 Å². The van der Waals surface area contributed by atoms with E-state index in [4.69, 9.17) is 0 Å². The van der Waals surface area contributed by atoms with Gasteiger partial charge in [-0.2, -0.15) is 5.10 Å². The summed E-state index contributed by atoms with van der Waals surface area (Å²) in [5.41, 5.74) is 1.43. The van der Waals surface area contributed by atoms with Crippen LogP contribution in [-0.2, 0) is 0 Å². The van der Waals surface area contributed by atoms with Crippen LogP contribution in [0, 0.1) is 0 Å². The molecule has 0 saturated heterocycles. The maximum atomic E-state index is 11.6. The molecule has 1 rings (SSSR count). The lowest BCUT2D eigenvalue weighted by Crippen LogP contribution is -2.20. The van der Waals surface area contributed by atoms with Crippen LogP contribution < -0.4 is 5.32 Å². The Balaban J connectivity index is 2.75. The number of amides is 1. The number of hydrogen-bond acceptors (Lipinski definition) is 2. The van der Waals surface area contributed by atoms with E-state index >= 15 is 0 Å². The average Bonchev–Trinajstić information content (AvgIpc) is 2.66. The SMILES string of the molecule is C/C=C(\C)NC(=O)c1cnn(C(C)C)c1. The molecule has 1 amide bonds. The molecule has 0 atom stereocenters. The Labute approximate surface area is 90.0 Å². The molecule has 82 valence electrons. The molecule has 0 aromatic carbocycles. The molecule has 15 heavy (non-hydrogen) atoms. The van der Waals surface area contributed by atoms with Gasteiger partial charge in [0.25, 0.3) is 5.91 Å². The summed E-state index contributed by atoms with van der Waals surface area (Å²) >= 11 is 0. The molecule has 1 heterocycles. The minimum Gasteiger partial charge on any atom is -0.326 e. The van der Waals surface area contributed by atoms with Gasteiger partial charge in [-0.25, -0.2) is 0 Å². The van der Waals surface area contributed by atoms with Crippen molar-refractivity contribution in [3.63, 3.8) is 0 Å². The van der Waals surface area contributed by atoms with Gasteiger partial charge < -0.3 is 5.32 Å². The topological polar surface area (TPSA) is 46.9 Å². The Morgan fingerprint density at radius 3 is 2.73 bits per heavy atom. The van der Waals surface area contributed by atoms with E-state index < -0.39 is 0 Å². The molecule has 0 saturated carbocycles. The van der Waals surface area contributed by atoms with Crippen molar-refractivity contribution in [2.75, 3.05) is 0 Å². The highest BCUT2D eigenvalue weighted by Crippen LogP contribution is 2.05. The standard InChI is InChI=1S/C11H17N3O/c1-5-9(4)13-11(15)10-6-12-14(7-10)8(2)3/h5-8H,1-4H3,(H,13,15)/b9-5+. The zero-order valence-electron chi connectivity index (χ0n) is 9.61.